The molecule has 0 aliphatic carbocycles. The van der Waals surface area contributed by atoms with Gasteiger partial charge in [-0.15, -0.1) is 12.4 Å². The molecule has 3 aromatic heterocycles. The first-order chi connectivity index (χ1) is 12.3. The summed E-state index contributed by atoms with van der Waals surface area (Å²) < 4.78 is 22.1. The number of pyridine rings is 1. The molecule has 0 fully saturated rings. The summed E-state index contributed by atoms with van der Waals surface area (Å²) in [5, 5.41) is 8.97. The molecule has 0 amide bonds. The number of halogens is 2. The molecule has 0 spiro atoms. The Morgan fingerprint density at radius 3 is 2.85 bits per heavy atom. The van der Waals surface area contributed by atoms with Gasteiger partial charge in [-0.05, 0) is 29.8 Å². The minimum absolute atomic E-state index is 0. The van der Waals surface area contributed by atoms with Crippen molar-refractivity contribution in [1.29, 1.82) is 0 Å². The molecule has 0 radical (unpaired) electrons. The quantitative estimate of drug-likeness (QED) is 0.579. The third-order valence-electron chi connectivity index (χ3n) is 4.62. The molecule has 5 nitrogen and oxygen atoms in total. The van der Waals surface area contributed by atoms with E-state index in [1.54, 1.807) is 24.7 Å². The Hall–Kier alpha value is -2.70. The SMILES string of the molecule is Cl.Fc1cc2occc2cc1-c1nn2c(c1-c1ccncc1)CNCC2. The first-order valence-corrected chi connectivity index (χ1v) is 8.19. The van der Waals surface area contributed by atoms with E-state index in [9.17, 15) is 4.39 Å². The van der Waals surface area contributed by atoms with Crippen molar-refractivity contribution in [2.45, 2.75) is 13.1 Å². The molecular formula is C19H16ClFN4O. The number of nitrogens with one attached hydrogen (secondary N) is 1. The zero-order valence-corrected chi connectivity index (χ0v) is 14.6. The van der Waals surface area contributed by atoms with Crippen LogP contribution in [0.3, 0.4) is 0 Å². The summed E-state index contributed by atoms with van der Waals surface area (Å²) in [4.78, 5) is 4.09. The van der Waals surface area contributed by atoms with E-state index in [4.69, 9.17) is 9.52 Å². The van der Waals surface area contributed by atoms with Gasteiger partial charge in [0, 0.05) is 48.1 Å². The lowest BCUT2D eigenvalue weighted by Crippen LogP contribution is -2.28. The Labute approximate surface area is 155 Å². The maximum Gasteiger partial charge on any atom is 0.136 e. The van der Waals surface area contributed by atoms with E-state index in [1.165, 1.54) is 6.07 Å². The summed E-state index contributed by atoms with van der Waals surface area (Å²) in [5.41, 5.74) is 4.70. The predicted molar refractivity (Wildman–Crippen MR) is 99.6 cm³/mol. The molecule has 0 saturated heterocycles. The van der Waals surface area contributed by atoms with Crippen LogP contribution in [0.25, 0.3) is 33.4 Å². The summed E-state index contributed by atoms with van der Waals surface area (Å²) in [6, 6.07) is 8.94. The fourth-order valence-electron chi connectivity index (χ4n) is 3.43. The zero-order valence-electron chi connectivity index (χ0n) is 13.8. The van der Waals surface area contributed by atoms with Crippen molar-refractivity contribution in [2.75, 3.05) is 6.54 Å². The van der Waals surface area contributed by atoms with E-state index in [0.717, 1.165) is 35.3 Å². The molecule has 1 aromatic carbocycles. The number of fused-ring (bicyclic) bond motifs is 2. The van der Waals surface area contributed by atoms with E-state index >= 15 is 0 Å². The van der Waals surface area contributed by atoms with E-state index in [-0.39, 0.29) is 18.2 Å². The highest BCUT2D eigenvalue weighted by molar-refractivity contribution is 5.89. The van der Waals surface area contributed by atoms with Gasteiger partial charge >= 0.3 is 0 Å². The van der Waals surface area contributed by atoms with Crippen LogP contribution in [-0.2, 0) is 13.1 Å². The topological polar surface area (TPSA) is 55.9 Å². The molecule has 0 atom stereocenters. The fraction of sp³-hybridized carbons (Fsp3) is 0.158. The van der Waals surface area contributed by atoms with Crippen LogP contribution in [0.5, 0.6) is 0 Å². The second-order valence-electron chi connectivity index (χ2n) is 6.10. The highest BCUT2D eigenvalue weighted by Crippen LogP contribution is 2.37. The third kappa shape index (κ3) is 2.58. The van der Waals surface area contributed by atoms with Crippen LogP contribution in [0, 0.1) is 5.82 Å². The van der Waals surface area contributed by atoms with Gasteiger partial charge in [0.2, 0.25) is 0 Å². The van der Waals surface area contributed by atoms with Crippen LogP contribution in [0.2, 0.25) is 0 Å². The molecule has 7 heteroatoms. The number of benzene rings is 1. The maximum atomic E-state index is 14.8. The first kappa shape index (κ1) is 16.8. The lowest BCUT2D eigenvalue weighted by molar-refractivity contribution is 0.477. The molecule has 26 heavy (non-hydrogen) atoms. The number of rotatable bonds is 2. The molecule has 1 aliphatic rings. The van der Waals surface area contributed by atoms with Gasteiger partial charge in [-0.2, -0.15) is 5.10 Å². The molecule has 0 bridgehead atoms. The lowest BCUT2D eigenvalue weighted by Gasteiger charge is -2.16. The molecule has 132 valence electrons. The van der Waals surface area contributed by atoms with Gasteiger partial charge in [-0.1, -0.05) is 0 Å². The summed E-state index contributed by atoms with van der Waals surface area (Å²) in [6.45, 7) is 2.33. The summed E-state index contributed by atoms with van der Waals surface area (Å²) in [5.74, 6) is -0.332. The smallest absolute Gasteiger partial charge is 0.136 e. The molecular weight excluding hydrogens is 355 g/mol. The number of hydrogen-bond donors (Lipinski definition) is 1. The average molecular weight is 371 g/mol. The van der Waals surface area contributed by atoms with Crippen LogP contribution in [-0.4, -0.2) is 21.3 Å². The molecule has 0 saturated carbocycles. The van der Waals surface area contributed by atoms with Crippen molar-refractivity contribution in [3.05, 3.63) is 60.5 Å². The number of furan rings is 1. The lowest BCUT2D eigenvalue weighted by atomic mass is 9.98. The minimum Gasteiger partial charge on any atom is -0.464 e. The van der Waals surface area contributed by atoms with E-state index in [1.807, 2.05) is 22.9 Å². The Balaban J connectivity index is 0.00000168. The predicted octanol–water partition coefficient (Wildman–Crippen LogP) is 4.02. The van der Waals surface area contributed by atoms with Gasteiger partial charge < -0.3 is 9.73 Å². The van der Waals surface area contributed by atoms with Crippen LogP contribution in [0.15, 0.2) is 53.4 Å². The normalized spacial score (nSPS) is 13.4. The van der Waals surface area contributed by atoms with Gasteiger partial charge in [0.05, 0.1) is 18.5 Å². The van der Waals surface area contributed by atoms with Crippen molar-refractivity contribution in [3.63, 3.8) is 0 Å². The molecule has 1 N–H and O–H groups in total. The van der Waals surface area contributed by atoms with Crippen molar-refractivity contribution in [1.82, 2.24) is 20.1 Å². The van der Waals surface area contributed by atoms with Crippen LogP contribution >= 0.6 is 12.4 Å². The molecule has 4 heterocycles. The Kier molecular flexibility index (Phi) is 4.22. The largest absolute Gasteiger partial charge is 0.464 e. The van der Waals surface area contributed by atoms with Crippen LogP contribution in [0.4, 0.5) is 4.39 Å². The minimum atomic E-state index is -0.332. The molecule has 5 rings (SSSR count). The fourth-order valence-corrected chi connectivity index (χ4v) is 3.43. The van der Waals surface area contributed by atoms with Crippen LogP contribution < -0.4 is 5.32 Å². The van der Waals surface area contributed by atoms with Gasteiger partial charge in [0.1, 0.15) is 17.1 Å². The number of hydrogen-bond acceptors (Lipinski definition) is 4. The first-order valence-electron chi connectivity index (χ1n) is 8.19. The van der Waals surface area contributed by atoms with E-state index in [2.05, 4.69) is 10.3 Å². The van der Waals surface area contributed by atoms with Crippen molar-refractivity contribution in [2.24, 2.45) is 0 Å². The summed E-state index contributed by atoms with van der Waals surface area (Å²) in [7, 11) is 0. The second kappa shape index (κ2) is 6.55. The number of aromatic nitrogens is 3. The van der Waals surface area contributed by atoms with Crippen molar-refractivity contribution in [3.8, 4) is 22.4 Å². The van der Waals surface area contributed by atoms with E-state index in [0.29, 0.717) is 23.4 Å². The number of nitrogens with zero attached hydrogens (tertiary/aromatic N) is 3. The standard InChI is InChI=1S/C19H15FN4O.ClH/c20-15-10-17-13(3-8-25-17)9-14(15)19-18(12-1-4-21-5-2-12)16-11-22-6-7-24(16)23-19;/h1-5,8-10,22H,6-7,11H2;1H. The highest BCUT2D eigenvalue weighted by atomic mass is 35.5. The van der Waals surface area contributed by atoms with Gasteiger partial charge in [0.15, 0.2) is 0 Å². The Morgan fingerprint density at radius 2 is 2.00 bits per heavy atom. The highest BCUT2D eigenvalue weighted by Gasteiger charge is 2.24. The zero-order chi connectivity index (χ0) is 16.8. The van der Waals surface area contributed by atoms with Gasteiger partial charge in [0.25, 0.3) is 0 Å². The Morgan fingerprint density at radius 1 is 1.15 bits per heavy atom. The monoisotopic (exact) mass is 370 g/mol. The van der Waals surface area contributed by atoms with E-state index < -0.39 is 0 Å². The Bertz CT molecular complexity index is 1070. The van der Waals surface area contributed by atoms with Crippen LogP contribution in [0.1, 0.15) is 5.69 Å². The molecule has 1 aliphatic heterocycles. The van der Waals surface area contributed by atoms with Gasteiger partial charge in [-0.3, -0.25) is 9.67 Å². The maximum absolute atomic E-state index is 14.8. The average Bonchev–Trinajstić information content (AvgIpc) is 3.25. The second-order valence-corrected chi connectivity index (χ2v) is 6.10. The van der Waals surface area contributed by atoms with Gasteiger partial charge in [-0.25, -0.2) is 4.39 Å². The summed E-state index contributed by atoms with van der Waals surface area (Å²) >= 11 is 0. The third-order valence-corrected chi connectivity index (χ3v) is 4.62. The molecule has 4 aromatic rings. The van der Waals surface area contributed by atoms with Crippen molar-refractivity contribution < 1.29 is 8.81 Å². The summed E-state index contributed by atoms with van der Waals surface area (Å²) in [6.07, 6.45) is 5.06. The van der Waals surface area contributed by atoms with Crippen molar-refractivity contribution >= 4 is 23.4 Å². The molecule has 0 unspecified atom stereocenters.